The number of carbonyl (C=O) groups excluding carboxylic acids is 1. The molecule has 0 fully saturated rings. The van der Waals surface area contributed by atoms with Gasteiger partial charge in [-0.25, -0.2) is 0 Å². The Bertz CT molecular complexity index is 437. The van der Waals surface area contributed by atoms with Crippen LogP contribution in [-0.4, -0.2) is 5.78 Å². The average molecular weight is 198 g/mol. The molecule has 0 saturated carbocycles. The molecule has 1 nitrogen and oxygen atoms in total. The lowest BCUT2D eigenvalue weighted by Gasteiger charge is -1.94. The van der Waals surface area contributed by atoms with Crippen molar-refractivity contribution < 1.29 is 4.79 Å². The van der Waals surface area contributed by atoms with Crippen molar-refractivity contribution in [3.8, 4) is 11.8 Å². The van der Waals surface area contributed by atoms with Crippen LogP contribution in [0.15, 0.2) is 41.5 Å². The largest absolute Gasteiger partial charge is 0.280 e. The van der Waals surface area contributed by atoms with Gasteiger partial charge in [0, 0.05) is 11.1 Å². The highest BCUT2D eigenvalue weighted by Gasteiger charge is 2.00. The maximum atomic E-state index is 11.5. The molecule has 0 aliphatic rings. The molecule has 0 atom stereocenters. The molecule has 0 spiro atoms. The zero-order chi connectivity index (χ0) is 11.3. The molecule has 1 rings (SSSR count). The zero-order valence-electron chi connectivity index (χ0n) is 9.29. The molecule has 0 N–H and O–H groups in total. The topological polar surface area (TPSA) is 17.1 Å². The van der Waals surface area contributed by atoms with E-state index in [0.717, 1.165) is 16.7 Å². The van der Waals surface area contributed by atoms with Gasteiger partial charge in [0.1, 0.15) is 0 Å². The van der Waals surface area contributed by atoms with Crippen LogP contribution in [0.4, 0.5) is 0 Å². The van der Waals surface area contributed by atoms with E-state index in [9.17, 15) is 4.79 Å². The first-order chi connectivity index (χ1) is 7.11. The zero-order valence-corrected chi connectivity index (χ0v) is 9.29. The second-order valence-corrected chi connectivity index (χ2v) is 3.57. The van der Waals surface area contributed by atoms with Crippen LogP contribution in [0.25, 0.3) is 0 Å². The number of hydrogen-bond donors (Lipinski definition) is 0. The molecule has 0 radical (unpaired) electrons. The van der Waals surface area contributed by atoms with Crippen molar-refractivity contribution in [1.29, 1.82) is 0 Å². The van der Waals surface area contributed by atoms with Crippen molar-refractivity contribution in [1.82, 2.24) is 0 Å². The highest BCUT2D eigenvalue weighted by molar-refractivity contribution is 6.08. The van der Waals surface area contributed by atoms with Gasteiger partial charge in [0.15, 0.2) is 0 Å². The number of benzene rings is 1. The van der Waals surface area contributed by atoms with Gasteiger partial charge in [-0.1, -0.05) is 29.7 Å². The first-order valence-electron chi connectivity index (χ1n) is 4.86. The van der Waals surface area contributed by atoms with Crippen LogP contribution in [0.3, 0.4) is 0 Å². The summed E-state index contributed by atoms with van der Waals surface area (Å²) in [6.07, 6.45) is 0. The maximum absolute atomic E-state index is 11.5. The Morgan fingerprint density at radius 1 is 1.07 bits per heavy atom. The van der Waals surface area contributed by atoms with Crippen molar-refractivity contribution >= 4 is 5.78 Å². The molecule has 0 aliphatic heterocycles. The van der Waals surface area contributed by atoms with E-state index in [-0.39, 0.29) is 5.78 Å². The van der Waals surface area contributed by atoms with Gasteiger partial charge in [0.2, 0.25) is 5.78 Å². The summed E-state index contributed by atoms with van der Waals surface area (Å²) in [5.41, 5.74) is 2.62. The van der Waals surface area contributed by atoms with Gasteiger partial charge in [-0.05, 0) is 38.8 Å². The first kappa shape index (κ1) is 11.3. The number of rotatable bonds is 1. The van der Waals surface area contributed by atoms with Crippen molar-refractivity contribution in [3.63, 3.8) is 0 Å². The minimum Gasteiger partial charge on any atom is -0.280 e. The minimum absolute atomic E-state index is 0.0983. The van der Waals surface area contributed by atoms with Crippen molar-refractivity contribution in [2.24, 2.45) is 0 Å². The standard InChI is InChI=1S/C14H14O/c1-11(2)12(3)14(15)10-9-13-7-5-4-6-8-13/h4-8H,1-3H3. The molecule has 15 heavy (non-hydrogen) atoms. The smallest absolute Gasteiger partial charge is 0.231 e. The Labute approximate surface area is 90.8 Å². The molecular formula is C14H14O. The molecule has 0 bridgehead atoms. The Morgan fingerprint density at radius 2 is 1.67 bits per heavy atom. The van der Waals surface area contributed by atoms with Crippen molar-refractivity contribution in [3.05, 3.63) is 47.0 Å². The van der Waals surface area contributed by atoms with E-state index >= 15 is 0 Å². The summed E-state index contributed by atoms with van der Waals surface area (Å²) in [5.74, 6) is 5.38. The predicted molar refractivity (Wildman–Crippen MR) is 62.4 cm³/mol. The van der Waals surface area contributed by atoms with Crippen LogP contribution in [0.5, 0.6) is 0 Å². The minimum atomic E-state index is -0.0983. The Kier molecular flexibility index (Phi) is 3.88. The van der Waals surface area contributed by atoms with E-state index < -0.39 is 0 Å². The first-order valence-corrected chi connectivity index (χ1v) is 4.86. The molecule has 76 valence electrons. The fourth-order valence-corrected chi connectivity index (χ4v) is 0.971. The normalized spacial score (nSPS) is 8.73. The Balaban J connectivity index is 2.85. The molecule has 1 aromatic rings. The van der Waals surface area contributed by atoms with Gasteiger partial charge in [0.05, 0.1) is 0 Å². The Hall–Kier alpha value is -1.81. The summed E-state index contributed by atoms with van der Waals surface area (Å²) in [5, 5.41) is 0. The Morgan fingerprint density at radius 3 is 2.20 bits per heavy atom. The van der Waals surface area contributed by atoms with Gasteiger partial charge in [0.25, 0.3) is 0 Å². The third-order valence-electron chi connectivity index (χ3n) is 2.18. The predicted octanol–water partition coefficient (Wildman–Crippen LogP) is 2.96. The van der Waals surface area contributed by atoms with E-state index in [1.54, 1.807) is 6.92 Å². The van der Waals surface area contributed by atoms with Crippen molar-refractivity contribution in [2.75, 3.05) is 0 Å². The highest BCUT2D eigenvalue weighted by atomic mass is 16.1. The lowest BCUT2D eigenvalue weighted by atomic mass is 10.1. The van der Waals surface area contributed by atoms with E-state index in [1.807, 2.05) is 44.2 Å². The second-order valence-electron chi connectivity index (χ2n) is 3.57. The van der Waals surface area contributed by atoms with Crippen LogP contribution in [0.2, 0.25) is 0 Å². The monoisotopic (exact) mass is 198 g/mol. The van der Waals surface area contributed by atoms with Gasteiger partial charge in [-0.15, -0.1) is 0 Å². The van der Waals surface area contributed by atoms with Crippen LogP contribution < -0.4 is 0 Å². The molecule has 0 amide bonds. The third kappa shape index (κ3) is 3.44. The number of Topliss-reactive ketones (excluding diaryl/α,β-unsaturated/α-hetero) is 1. The molecule has 0 aromatic heterocycles. The fourth-order valence-electron chi connectivity index (χ4n) is 0.971. The summed E-state index contributed by atoms with van der Waals surface area (Å²) in [4.78, 5) is 11.5. The number of allylic oxidation sites excluding steroid dienone is 2. The van der Waals surface area contributed by atoms with Crippen molar-refractivity contribution in [2.45, 2.75) is 20.8 Å². The molecule has 0 aliphatic carbocycles. The number of carbonyl (C=O) groups is 1. The van der Waals surface area contributed by atoms with E-state index in [0.29, 0.717) is 0 Å². The summed E-state index contributed by atoms with van der Waals surface area (Å²) >= 11 is 0. The van der Waals surface area contributed by atoms with Gasteiger partial charge < -0.3 is 0 Å². The summed E-state index contributed by atoms with van der Waals surface area (Å²) in [7, 11) is 0. The molecule has 1 aromatic carbocycles. The summed E-state index contributed by atoms with van der Waals surface area (Å²) in [6.45, 7) is 5.63. The maximum Gasteiger partial charge on any atom is 0.231 e. The quantitative estimate of drug-likeness (QED) is 0.501. The van der Waals surface area contributed by atoms with Gasteiger partial charge in [-0.2, -0.15) is 0 Å². The average Bonchev–Trinajstić information content (AvgIpc) is 2.26. The SMILES string of the molecule is CC(C)=C(C)C(=O)C#Cc1ccccc1. The highest BCUT2D eigenvalue weighted by Crippen LogP contribution is 2.02. The number of hydrogen-bond acceptors (Lipinski definition) is 1. The van der Waals surface area contributed by atoms with Crippen LogP contribution in [0, 0.1) is 11.8 Å². The molecule has 0 saturated heterocycles. The van der Waals surface area contributed by atoms with E-state index in [4.69, 9.17) is 0 Å². The summed E-state index contributed by atoms with van der Waals surface area (Å²) < 4.78 is 0. The van der Waals surface area contributed by atoms with Crippen LogP contribution in [-0.2, 0) is 4.79 Å². The van der Waals surface area contributed by atoms with Gasteiger partial charge >= 0.3 is 0 Å². The van der Waals surface area contributed by atoms with Gasteiger partial charge in [-0.3, -0.25) is 4.79 Å². The number of ketones is 1. The fraction of sp³-hybridized carbons (Fsp3) is 0.214. The second kappa shape index (κ2) is 5.17. The molecule has 0 heterocycles. The lowest BCUT2D eigenvalue weighted by Crippen LogP contribution is -1.96. The molecule has 0 unspecified atom stereocenters. The van der Waals surface area contributed by atoms with E-state index in [2.05, 4.69) is 11.8 Å². The lowest BCUT2D eigenvalue weighted by molar-refractivity contribution is -0.110. The third-order valence-corrected chi connectivity index (χ3v) is 2.18. The van der Waals surface area contributed by atoms with Crippen LogP contribution >= 0.6 is 0 Å². The molecular weight excluding hydrogens is 184 g/mol. The van der Waals surface area contributed by atoms with Crippen LogP contribution in [0.1, 0.15) is 26.3 Å². The molecule has 1 heteroatoms. The summed E-state index contributed by atoms with van der Waals surface area (Å²) in [6, 6.07) is 9.51. The van der Waals surface area contributed by atoms with E-state index in [1.165, 1.54) is 0 Å².